The van der Waals surface area contributed by atoms with Gasteiger partial charge in [0.2, 0.25) is 0 Å². The molecule has 0 radical (unpaired) electrons. The van der Waals surface area contributed by atoms with Gasteiger partial charge in [0, 0.05) is 18.2 Å². The minimum Gasteiger partial charge on any atom is -0.307 e. The zero-order chi connectivity index (χ0) is 23.7. The lowest BCUT2D eigenvalue weighted by atomic mass is 10.2. The molecule has 5 rings (SSSR count). The number of aromatic nitrogens is 2. The second-order valence-corrected chi connectivity index (χ2v) is 10.2. The van der Waals surface area contributed by atoms with Crippen LogP contribution in [0.4, 0.5) is 11.5 Å². The van der Waals surface area contributed by atoms with Crippen molar-refractivity contribution < 1.29 is 13.2 Å². The van der Waals surface area contributed by atoms with Crippen molar-refractivity contribution in [3.63, 3.8) is 0 Å². The van der Waals surface area contributed by atoms with Crippen molar-refractivity contribution in [3.05, 3.63) is 107 Å². The summed E-state index contributed by atoms with van der Waals surface area (Å²) >= 11 is 6.30. The van der Waals surface area contributed by atoms with Crippen molar-refractivity contribution in [3.8, 4) is 0 Å². The molecule has 0 unspecified atom stereocenters. The second-order valence-electron chi connectivity index (χ2n) is 7.91. The second kappa shape index (κ2) is 8.96. The van der Waals surface area contributed by atoms with Crippen LogP contribution < -0.4 is 9.62 Å². The summed E-state index contributed by atoms with van der Waals surface area (Å²) in [6.45, 7) is 0.811. The van der Waals surface area contributed by atoms with E-state index in [-0.39, 0.29) is 15.5 Å². The number of nitrogens with zero attached hydrogens (tertiary/aromatic N) is 3. The van der Waals surface area contributed by atoms with Crippen LogP contribution in [-0.2, 0) is 23.0 Å². The number of halogens is 1. The van der Waals surface area contributed by atoms with Gasteiger partial charge in [-0.15, -0.1) is 0 Å². The van der Waals surface area contributed by atoms with E-state index in [1.165, 1.54) is 22.5 Å². The van der Waals surface area contributed by atoms with Gasteiger partial charge in [-0.1, -0.05) is 60.1 Å². The minimum absolute atomic E-state index is 0.0649. The molecule has 0 spiro atoms. The molecule has 0 atom stereocenters. The fourth-order valence-corrected chi connectivity index (χ4v) is 6.03. The number of hydrogen-bond donors (Lipinski definition) is 1. The van der Waals surface area contributed by atoms with E-state index in [1.807, 2.05) is 42.5 Å². The van der Waals surface area contributed by atoms with Crippen LogP contribution >= 0.6 is 11.6 Å². The highest BCUT2D eigenvalue weighted by Crippen LogP contribution is 2.35. The summed E-state index contributed by atoms with van der Waals surface area (Å²) in [4.78, 5) is 12.9. The summed E-state index contributed by atoms with van der Waals surface area (Å²) in [7, 11) is -3.95. The molecular formula is C25H21ClN4O3S. The summed E-state index contributed by atoms with van der Waals surface area (Å²) in [6, 6.07) is 23.1. The first-order chi connectivity index (χ1) is 16.4. The predicted octanol–water partition coefficient (Wildman–Crippen LogP) is 4.59. The van der Waals surface area contributed by atoms with Crippen molar-refractivity contribution in [2.24, 2.45) is 0 Å². The lowest BCUT2D eigenvalue weighted by Gasteiger charge is -2.20. The van der Waals surface area contributed by atoms with Crippen LogP contribution in [0.15, 0.2) is 90.0 Å². The fourth-order valence-electron chi connectivity index (χ4n) is 4.03. The highest BCUT2D eigenvalue weighted by Gasteiger charge is 2.32. The molecule has 3 aromatic carbocycles. The Kier molecular flexibility index (Phi) is 5.85. The molecule has 7 nitrogen and oxygen atoms in total. The lowest BCUT2D eigenvalue weighted by molar-refractivity contribution is 0.102. The highest BCUT2D eigenvalue weighted by molar-refractivity contribution is 7.93. The Morgan fingerprint density at radius 1 is 1.00 bits per heavy atom. The topological polar surface area (TPSA) is 84.3 Å². The summed E-state index contributed by atoms with van der Waals surface area (Å²) in [6.07, 6.45) is 2.22. The van der Waals surface area contributed by atoms with E-state index < -0.39 is 15.9 Å². The third-order valence-electron chi connectivity index (χ3n) is 5.74. The normalized spacial score (nSPS) is 13.0. The van der Waals surface area contributed by atoms with E-state index >= 15 is 0 Å². The van der Waals surface area contributed by atoms with Crippen molar-refractivity contribution in [1.82, 2.24) is 9.78 Å². The number of amides is 1. The molecule has 2 heterocycles. The molecule has 1 aliphatic rings. The van der Waals surface area contributed by atoms with Crippen molar-refractivity contribution >= 4 is 39.0 Å². The van der Waals surface area contributed by atoms with Crippen LogP contribution in [0, 0.1) is 0 Å². The third kappa shape index (κ3) is 4.18. The molecule has 1 aliphatic heterocycles. The molecule has 1 aromatic heterocycles. The number of hydrogen-bond acceptors (Lipinski definition) is 4. The molecule has 0 saturated carbocycles. The SMILES string of the molecule is O=C(Nc1ccnn1Cc1ccccc1)c1ccc(Cl)c(S(=O)(=O)N2CCc3ccccc32)c1. The summed E-state index contributed by atoms with van der Waals surface area (Å²) in [5, 5.41) is 7.17. The zero-order valence-corrected chi connectivity index (χ0v) is 19.6. The van der Waals surface area contributed by atoms with Gasteiger partial charge in [-0.3, -0.25) is 9.10 Å². The Hall–Kier alpha value is -3.62. The predicted molar refractivity (Wildman–Crippen MR) is 132 cm³/mol. The van der Waals surface area contributed by atoms with Crippen molar-refractivity contribution in [1.29, 1.82) is 0 Å². The Morgan fingerprint density at radius 2 is 1.76 bits per heavy atom. The van der Waals surface area contributed by atoms with Crippen molar-refractivity contribution in [2.45, 2.75) is 17.9 Å². The van der Waals surface area contributed by atoms with Gasteiger partial charge < -0.3 is 5.32 Å². The van der Waals surface area contributed by atoms with Crippen molar-refractivity contribution in [2.75, 3.05) is 16.2 Å². The maximum absolute atomic E-state index is 13.5. The lowest BCUT2D eigenvalue weighted by Crippen LogP contribution is -2.29. The van der Waals surface area contributed by atoms with E-state index in [1.54, 1.807) is 29.1 Å². The molecule has 0 fully saturated rings. The fraction of sp³-hybridized carbons (Fsp3) is 0.120. The highest BCUT2D eigenvalue weighted by atomic mass is 35.5. The van der Waals surface area contributed by atoms with Crippen LogP contribution in [0.1, 0.15) is 21.5 Å². The Bertz CT molecular complexity index is 1470. The smallest absolute Gasteiger partial charge is 0.265 e. The number of carbonyl (C=O) groups excluding carboxylic acids is 1. The van der Waals surface area contributed by atoms with E-state index in [2.05, 4.69) is 10.4 Å². The Labute approximate surface area is 202 Å². The van der Waals surface area contributed by atoms with Gasteiger partial charge >= 0.3 is 0 Å². The van der Waals surface area contributed by atoms with Crippen LogP contribution in [-0.4, -0.2) is 30.7 Å². The molecular weight excluding hydrogens is 472 g/mol. The molecule has 0 bridgehead atoms. The van der Waals surface area contributed by atoms with Crippen LogP contribution in [0.5, 0.6) is 0 Å². The summed E-state index contributed by atoms with van der Waals surface area (Å²) < 4.78 is 29.9. The van der Waals surface area contributed by atoms with Gasteiger partial charge in [-0.05, 0) is 41.8 Å². The summed E-state index contributed by atoms with van der Waals surface area (Å²) in [5.74, 6) is 0.0476. The van der Waals surface area contributed by atoms with E-state index in [0.717, 1.165) is 11.1 Å². The van der Waals surface area contributed by atoms with E-state index in [4.69, 9.17) is 11.6 Å². The largest absolute Gasteiger partial charge is 0.307 e. The number of rotatable bonds is 6. The number of fused-ring (bicyclic) bond motifs is 1. The van der Waals surface area contributed by atoms with Gasteiger partial charge in [0.15, 0.2) is 0 Å². The molecule has 1 amide bonds. The number of benzene rings is 3. The average molecular weight is 493 g/mol. The number of carbonyl (C=O) groups is 1. The van der Waals surface area contributed by atoms with Gasteiger partial charge in [-0.2, -0.15) is 5.10 Å². The molecule has 172 valence electrons. The molecule has 34 heavy (non-hydrogen) atoms. The number of nitrogens with one attached hydrogen (secondary N) is 1. The monoisotopic (exact) mass is 492 g/mol. The first-order valence-electron chi connectivity index (χ1n) is 10.7. The molecule has 1 N–H and O–H groups in total. The molecule has 0 saturated heterocycles. The Balaban J connectivity index is 1.41. The van der Waals surface area contributed by atoms with E-state index in [0.29, 0.717) is 31.0 Å². The van der Waals surface area contributed by atoms with Crippen LogP contribution in [0.25, 0.3) is 0 Å². The minimum atomic E-state index is -3.95. The zero-order valence-electron chi connectivity index (χ0n) is 18.1. The maximum atomic E-state index is 13.5. The standard InChI is InChI=1S/C25H21ClN4O3S/c26-21-11-10-20(16-23(21)34(32,33)30-15-13-19-8-4-5-9-22(19)30)25(31)28-24-12-14-27-29(24)17-18-6-2-1-3-7-18/h1-12,14,16H,13,15,17H2,(H,28,31). The molecule has 9 heteroatoms. The van der Waals surface area contributed by atoms with Crippen LogP contribution in [0.2, 0.25) is 5.02 Å². The first-order valence-corrected chi connectivity index (χ1v) is 12.5. The van der Waals surface area contributed by atoms with Crippen LogP contribution in [0.3, 0.4) is 0 Å². The van der Waals surface area contributed by atoms with Gasteiger partial charge in [0.25, 0.3) is 15.9 Å². The van der Waals surface area contributed by atoms with Gasteiger partial charge in [0.05, 0.1) is 23.5 Å². The number of anilines is 2. The quantitative estimate of drug-likeness (QED) is 0.426. The van der Waals surface area contributed by atoms with Gasteiger partial charge in [0.1, 0.15) is 10.7 Å². The molecule has 0 aliphatic carbocycles. The molecule has 4 aromatic rings. The number of sulfonamides is 1. The summed E-state index contributed by atoms with van der Waals surface area (Å²) in [5.41, 5.74) is 2.82. The first kappa shape index (κ1) is 22.2. The van der Waals surface area contributed by atoms with E-state index in [9.17, 15) is 13.2 Å². The van der Waals surface area contributed by atoms with Gasteiger partial charge in [-0.25, -0.2) is 13.1 Å². The number of para-hydroxylation sites is 1. The maximum Gasteiger partial charge on any atom is 0.265 e. The Morgan fingerprint density at radius 3 is 2.59 bits per heavy atom. The third-order valence-corrected chi connectivity index (χ3v) is 8.03. The average Bonchev–Trinajstić information content (AvgIpc) is 3.47.